The summed E-state index contributed by atoms with van der Waals surface area (Å²) in [6.07, 6.45) is 2.07. The molecule has 2 aromatic carbocycles. The van der Waals surface area contributed by atoms with Crippen LogP contribution in [0.3, 0.4) is 0 Å². The number of carbonyl (C=O) groups is 2. The number of anilines is 1. The lowest BCUT2D eigenvalue weighted by Crippen LogP contribution is -2.35. The second-order valence-electron chi connectivity index (χ2n) is 8.25. The van der Waals surface area contributed by atoms with E-state index in [-0.39, 0.29) is 35.8 Å². The van der Waals surface area contributed by atoms with Crippen LogP contribution in [0.4, 0.5) is 5.69 Å². The lowest BCUT2D eigenvalue weighted by molar-refractivity contribution is -0.120. The first kappa shape index (κ1) is 24.2. The van der Waals surface area contributed by atoms with Gasteiger partial charge in [0, 0.05) is 35.5 Å². The quantitative estimate of drug-likeness (QED) is 0.416. The monoisotopic (exact) mass is 444 g/mol. The van der Waals surface area contributed by atoms with Gasteiger partial charge in [-0.3, -0.25) is 15.0 Å². The first-order chi connectivity index (χ1) is 14.1. The van der Waals surface area contributed by atoms with E-state index in [0.29, 0.717) is 22.4 Å². The smallest absolute Gasteiger partial charge is 0.254 e. The van der Waals surface area contributed by atoms with Gasteiger partial charge in [0.15, 0.2) is 0 Å². The van der Waals surface area contributed by atoms with Crippen molar-refractivity contribution >= 4 is 35.7 Å². The van der Waals surface area contributed by atoms with Crippen molar-refractivity contribution in [3.63, 3.8) is 0 Å². The predicted octanol–water partition coefficient (Wildman–Crippen LogP) is 3.56. The number of carbonyl (C=O) groups excluding carboxylic acids is 2. The number of phenols is 1. The molecule has 0 aromatic heterocycles. The summed E-state index contributed by atoms with van der Waals surface area (Å²) >= 11 is 0. The highest BCUT2D eigenvalue weighted by Crippen LogP contribution is 2.33. The molecular weight excluding hydrogens is 416 g/mol. The molecule has 0 bridgehead atoms. The molecule has 0 radical (unpaired) electrons. The minimum Gasteiger partial charge on any atom is -0.508 e. The summed E-state index contributed by atoms with van der Waals surface area (Å²) in [5, 5.41) is 20.8. The van der Waals surface area contributed by atoms with Gasteiger partial charge in [-0.05, 0) is 75.6 Å². The fourth-order valence-electron chi connectivity index (χ4n) is 3.69. The number of benzene rings is 2. The van der Waals surface area contributed by atoms with Crippen molar-refractivity contribution in [2.75, 3.05) is 18.4 Å². The molecule has 5 N–H and O–H groups in total. The van der Waals surface area contributed by atoms with E-state index in [9.17, 15) is 14.7 Å². The number of hydrogen-bond donors (Lipinski definition) is 4. The summed E-state index contributed by atoms with van der Waals surface area (Å²) in [5.74, 6) is -0.477. The maximum Gasteiger partial charge on any atom is 0.254 e. The van der Waals surface area contributed by atoms with E-state index in [1.165, 1.54) is 12.1 Å². The molecule has 8 heteroatoms. The van der Waals surface area contributed by atoms with E-state index in [2.05, 4.69) is 5.32 Å². The Labute approximate surface area is 188 Å². The summed E-state index contributed by atoms with van der Waals surface area (Å²) in [5.41, 5.74) is 7.29. The second-order valence-corrected chi connectivity index (χ2v) is 8.25. The number of hydrogen-bond acceptors (Lipinski definition) is 4. The Balaban J connectivity index is 0.00000341. The number of amidine groups is 1. The maximum atomic E-state index is 13.0. The van der Waals surface area contributed by atoms with Gasteiger partial charge in [0.05, 0.1) is 5.41 Å². The third-order valence-corrected chi connectivity index (χ3v) is 5.66. The molecule has 2 aromatic rings. The predicted molar refractivity (Wildman–Crippen MR) is 124 cm³/mol. The average Bonchev–Trinajstić information content (AvgIpc) is 3.22. The van der Waals surface area contributed by atoms with Gasteiger partial charge in [0.1, 0.15) is 11.6 Å². The van der Waals surface area contributed by atoms with Crippen LogP contribution < -0.4 is 11.1 Å². The van der Waals surface area contributed by atoms with E-state index < -0.39 is 5.41 Å². The van der Waals surface area contributed by atoms with E-state index in [4.69, 9.17) is 11.1 Å². The molecule has 1 fully saturated rings. The molecule has 1 heterocycles. The SMILES string of the molecule is Cc1cc(NC(=O)C(C)(C)c2cc(C(=N)N)ccc2O)ccc1C(=O)N1CCCC1.Cl. The number of nitrogens with two attached hydrogens (primary N) is 1. The van der Waals surface area contributed by atoms with Crippen LogP contribution in [0.5, 0.6) is 5.75 Å². The molecule has 0 unspecified atom stereocenters. The zero-order valence-corrected chi connectivity index (χ0v) is 18.8. The molecule has 31 heavy (non-hydrogen) atoms. The van der Waals surface area contributed by atoms with Gasteiger partial charge in [0.2, 0.25) is 5.91 Å². The number of halogens is 1. The van der Waals surface area contributed by atoms with Crippen molar-refractivity contribution in [2.24, 2.45) is 5.73 Å². The molecule has 1 aliphatic heterocycles. The first-order valence-corrected chi connectivity index (χ1v) is 10.0. The molecule has 3 rings (SSSR count). The Morgan fingerprint density at radius 2 is 1.77 bits per heavy atom. The summed E-state index contributed by atoms with van der Waals surface area (Å²) in [6, 6.07) is 9.77. The Kier molecular flexibility index (Phi) is 7.33. The lowest BCUT2D eigenvalue weighted by atomic mass is 9.82. The molecule has 2 amide bonds. The number of amides is 2. The third kappa shape index (κ3) is 4.99. The number of phenolic OH excluding ortho intramolecular Hbond substituents is 1. The highest BCUT2D eigenvalue weighted by molar-refractivity contribution is 6.01. The van der Waals surface area contributed by atoms with Gasteiger partial charge in [-0.1, -0.05) is 0 Å². The van der Waals surface area contributed by atoms with Crippen molar-refractivity contribution in [1.82, 2.24) is 4.90 Å². The van der Waals surface area contributed by atoms with Crippen LogP contribution in [0, 0.1) is 12.3 Å². The Morgan fingerprint density at radius 3 is 2.35 bits per heavy atom. The molecule has 0 atom stereocenters. The summed E-state index contributed by atoms with van der Waals surface area (Å²) in [6.45, 7) is 6.81. The standard InChI is InChI=1S/C23H28N4O3.ClH/c1-14-12-16(7-8-17(14)21(29)27-10-4-5-11-27)26-22(30)23(2,3)18-13-15(20(24)25)6-9-19(18)28;/h6-9,12-13,28H,4-5,10-11H2,1-3H3,(H3,24,25)(H,26,30);1H. The van der Waals surface area contributed by atoms with Crippen LogP contribution >= 0.6 is 12.4 Å². The van der Waals surface area contributed by atoms with Crippen LogP contribution in [0.25, 0.3) is 0 Å². The van der Waals surface area contributed by atoms with Crippen molar-refractivity contribution in [3.05, 3.63) is 58.7 Å². The zero-order valence-electron chi connectivity index (χ0n) is 18.0. The third-order valence-electron chi connectivity index (χ3n) is 5.66. The number of nitrogen functional groups attached to an aromatic ring is 1. The number of nitrogens with one attached hydrogen (secondary N) is 2. The molecule has 166 valence electrons. The Bertz CT molecular complexity index is 1010. The molecule has 0 spiro atoms. The molecule has 0 aliphatic carbocycles. The van der Waals surface area contributed by atoms with Crippen molar-refractivity contribution in [1.29, 1.82) is 5.41 Å². The number of aryl methyl sites for hydroxylation is 1. The second kappa shape index (κ2) is 9.39. The Hall–Kier alpha value is -3.06. The maximum absolute atomic E-state index is 13.0. The molecule has 1 aliphatic rings. The van der Waals surface area contributed by atoms with Crippen molar-refractivity contribution in [3.8, 4) is 5.75 Å². The van der Waals surface area contributed by atoms with Crippen LogP contribution in [0.1, 0.15) is 53.7 Å². The average molecular weight is 445 g/mol. The van der Waals surface area contributed by atoms with Gasteiger partial charge in [0.25, 0.3) is 5.91 Å². The minimum absolute atomic E-state index is 0. The fourth-order valence-corrected chi connectivity index (χ4v) is 3.69. The van der Waals surface area contributed by atoms with Crippen LogP contribution in [-0.4, -0.2) is 40.7 Å². The van der Waals surface area contributed by atoms with Gasteiger partial charge < -0.3 is 21.1 Å². The van der Waals surface area contributed by atoms with E-state index in [1.54, 1.807) is 38.1 Å². The Morgan fingerprint density at radius 1 is 1.13 bits per heavy atom. The van der Waals surface area contributed by atoms with Crippen molar-refractivity contribution < 1.29 is 14.7 Å². The number of likely N-dealkylation sites (tertiary alicyclic amines) is 1. The lowest BCUT2D eigenvalue weighted by Gasteiger charge is -2.26. The van der Waals surface area contributed by atoms with E-state index >= 15 is 0 Å². The molecule has 7 nitrogen and oxygen atoms in total. The molecule has 1 saturated heterocycles. The first-order valence-electron chi connectivity index (χ1n) is 10.0. The number of nitrogens with zero attached hydrogens (tertiary/aromatic N) is 1. The zero-order chi connectivity index (χ0) is 22.1. The topological polar surface area (TPSA) is 120 Å². The summed E-state index contributed by atoms with van der Waals surface area (Å²) in [4.78, 5) is 27.5. The van der Waals surface area contributed by atoms with Gasteiger partial charge in [-0.2, -0.15) is 0 Å². The largest absolute Gasteiger partial charge is 0.508 e. The van der Waals surface area contributed by atoms with Gasteiger partial charge >= 0.3 is 0 Å². The number of aromatic hydroxyl groups is 1. The van der Waals surface area contributed by atoms with Crippen LogP contribution in [0.15, 0.2) is 36.4 Å². The molecular formula is C23H29ClN4O3. The van der Waals surface area contributed by atoms with Gasteiger partial charge in [-0.25, -0.2) is 0 Å². The van der Waals surface area contributed by atoms with Crippen LogP contribution in [-0.2, 0) is 10.2 Å². The normalized spacial score (nSPS) is 13.5. The summed E-state index contributed by atoms with van der Waals surface area (Å²) in [7, 11) is 0. The van der Waals surface area contributed by atoms with Gasteiger partial charge in [-0.15, -0.1) is 12.4 Å². The highest BCUT2D eigenvalue weighted by Gasteiger charge is 2.33. The fraction of sp³-hybridized carbons (Fsp3) is 0.348. The van der Waals surface area contributed by atoms with Crippen LogP contribution in [0.2, 0.25) is 0 Å². The van der Waals surface area contributed by atoms with E-state index in [0.717, 1.165) is 31.5 Å². The highest BCUT2D eigenvalue weighted by atomic mass is 35.5. The summed E-state index contributed by atoms with van der Waals surface area (Å²) < 4.78 is 0. The minimum atomic E-state index is -1.08. The van der Waals surface area contributed by atoms with Crippen molar-refractivity contribution in [2.45, 2.75) is 39.0 Å². The molecule has 0 saturated carbocycles. The number of rotatable bonds is 5. The van der Waals surface area contributed by atoms with E-state index in [1.807, 2.05) is 11.8 Å².